The molecule has 0 saturated heterocycles. The average Bonchev–Trinajstić information content (AvgIpc) is 1.98. The molecule has 88 valence electrons. The van der Waals surface area contributed by atoms with Crippen molar-refractivity contribution in [3.63, 3.8) is 0 Å². The Morgan fingerprint density at radius 2 is 1.60 bits per heavy atom. The summed E-state index contributed by atoms with van der Waals surface area (Å²) in [5.41, 5.74) is -0.859. The minimum atomic E-state index is -2.88. The van der Waals surface area contributed by atoms with Crippen LogP contribution in [0.5, 0.6) is 0 Å². The summed E-state index contributed by atoms with van der Waals surface area (Å²) >= 11 is 0. The van der Waals surface area contributed by atoms with Gasteiger partial charge in [-0.2, -0.15) is 4.89 Å². The molecule has 0 aromatic carbocycles. The smallest absolute Gasteiger partial charge is 0.367 e. The van der Waals surface area contributed by atoms with E-state index in [1.54, 1.807) is 20.8 Å². The van der Waals surface area contributed by atoms with E-state index in [9.17, 15) is 14.7 Å². The molecule has 7 heteroatoms. The topological polar surface area (TPSA) is 113 Å². The fraction of sp³-hybridized carbons (Fsp3) is 0.750. The fourth-order valence-electron chi connectivity index (χ4n) is 0.540. The van der Waals surface area contributed by atoms with E-state index in [0.29, 0.717) is 0 Å². The molecule has 7 nitrogen and oxygen atoms in total. The lowest BCUT2D eigenvalue weighted by atomic mass is 10.2. The first-order valence-corrected chi connectivity index (χ1v) is 4.11. The average molecular weight is 222 g/mol. The zero-order chi connectivity index (χ0) is 12.3. The fourth-order valence-corrected chi connectivity index (χ4v) is 0.540. The maximum absolute atomic E-state index is 10.6. The highest BCUT2D eigenvalue weighted by Crippen LogP contribution is 2.18. The molecule has 0 aliphatic carbocycles. The van der Waals surface area contributed by atoms with Crippen LogP contribution in [-0.2, 0) is 19.4 Å². The molecule has 0 aromatic heterocycles. The monoisotopic (exact) mass is 222 g/mol. The number of hydrogen-bond acceptors (Lipinski definition) is 5. The molecule has 0 aromatic rings. The van der Waals surface area contributed by atoms with E-state index < -0.39 is 29.7 Å². The second-order valence-electron chi connectivity index (χ2n) is 3.94. The Balaban J connectivity index is 4.53. The van der Waals surface area contributed by atoms with E-state index in [-0.39, 0.29) is 0 Å². The number of rotatable bonds is 5. The molecule has 0 aliphatic rings. The summed E-state index contributed by atoms with van der Waals surface area (Å²) in [5.74, 6) is -6.22. The van der Waals surface area contributed by atoms with Crippen molar-refractivity contribution in [3.8, 4) is 0 Å². The molecule has 15 heavy (non-hydrogen) atoms. The van der Waals surface area contributed by atoms with E-state index in [2.05, 4.69) is 9.78 Å². The second-order valence-corrected chi connectivity index (χ2v) is 3.94. The number of hydrogen-bond donors (Lipinski definition) is 3. The highest BCUT2D eigenvalue weighted by molar-refractivity contribution is 5.81. The van der Waals surface area contributed by atoms with E-state index in [1.807, 2.05) is 0 Å². The molecule has 0 bridgehead atoms. The standard InChI is InChI=1S/C8H14O7/c1-7(2,3)14-15-8(13,6(11)12)4-5(9)10/h13H,4H2,1-3H3,(H,9,10)(H,11,12). The molecule has 0 fully saturated rings. The summed E-state index contributed by atoms with van der Waals surface area (Å²) in [6, 6.07) is 0. The summed E-state index contributed by atoms with van der Waals surface area (Å²) in [7, 11) is 0. The molecule has 0 saturated carbocycles. The van der Waals surface area contributed by atoms with Crippen molar-refractivity contribution < 1.29 is 34.7 Å². The van der Waals surface area contributed by atoms with Crippen molar-refractivity contribution in [2.45, 2.75) is 38.6 Å². The molecule has 1 atom stereocenters. The van der Waals surface area contributed by atoms with Crippen LogP contribution in [-0.4, -0.2) is 38.6 Å². The molecule has 0 heterocycles. The molecule has 0 amide bonds. The van der Waals surface area contributed by atoms with Gasteiger partial charge in [-0.15, -0.1) is 0 Å². The first-order valence-electron chi connectivity index (χ1n) is 4.11. The third-order valence-electron chi connectivity index (χ3n) is 1.15. The van der Waals surface area contributed by atoms with Crippen molar-refractivity contribution in [1.29, 1.82) is 0 Å². The minimum Gasteiger partial charge on any atom is -0.481 e. The summed E-state index contributed by atoms with van der Waals surface area (Å²) in [5, 5.41) is 26.2. The SMILES string of the molecule is CC(C)(C)OOC(O)(CC(=O)O)C(=O)O. The number of aliphatic carboxylic acids is 2. The van der Waals surface area contributed by atoms with Crippen molar-refractivity contribution in [1.82, 2.24) is 0 Å². The van der Waals surface area contributed by atoms with Gasteiger partial charge in [-0.3, -0.25) is 4.79 Å². The molecule has 0 aliphatic heterocycles. The number of carbonyl (C=O) groups is 2. The first kappa shape index (κ1) is 13.8. The summed E-state index contributed by atoms with van der Waals surface area (Å²) in [6.07, 6.45) is -1.11. The Hall–Kier alpha value is -1.18. The molecule has 0 rings (SSSR count). The van der Waals surface area contributed by atoms with Crippen LogP contribution in [0.15, 0.2) is 0 Å². The lowest BCUT2D eigenvalue weighted by molar-refractivity contribution is -0.439. The number of aliphatic hydroxyl groups is 1. The van der Waals surface area contributed by atoms with Crippen molar-refractivity contribution in [2.75, 3.05) is 0 Å². The quantitative estimate of drug-likeness (QED) is 0.340. The first-order chi connectivity index (χ1) is 6.57. The third kappa shape index (κ3) is 5.31. The summed E-state index contributed by atoms with van der Waals surface area (Å²) in [4.78, 5) is 29.6. The zero-order valence-corrected chi connectivity index (χ0v) is 8.68. The van der Waals surface area contributed by atoms with Gasteiger partial charge in [0.25, 0.3) is 0 Å². The molecule has 0 radical (unpaired) electrons. The number of carboxylic acid groups (broad SMARTS) is 2. The highest BCUT2D eigenvalue weighted by Gasteiger charge is 2.42. The Morgan fingerprint density at radius 1 is 1.13 bits per heavy atom. The molecule has 1 unspecified atom stereocenters. The van der Waals surface area contributed by atoms with Crippen molar-refractivity contribution in [3.05, 3.63) is 0 Å². The van der Waals surface area contributed by atoms with Gasteiger partial charge in [0.15, 0.2) is 0 Å². The Labute approximate surface area is 86.2 Å². The Bertz CT molecular complexity index is 254. The van der Waals surface area contributed by atoms with Crippen LogP contribution in [0.1, 0.15) is 27.2 Å². The summed E-state index contributed by atoms with van der Waals surface area (Å²) < 4.78 is 0. The van der Waals surface area contributed by atoms with E-state index in [4.69, 9.17) is 10.2 Å². The van der Waals surface area contributed by atoms with Crippen molar-refractivity contribution >= 4 is 11.9 Å². The van der Waals surface area contributed by atoms with Crippen LogP contribution < -0.4 is 0 Å². The van der Waals surface area contributed by atoms with Crippen LogP contribution in [0.4, 0.5) is 0 Å². The van der Waals surface area contributed by atoms with E-state index in [0.717, 1.165) is 0 Å². The van der Waals surface area contributed by atoms with Gasteiger partial charge in [0, 0.05) is 0 Å². The maximum atomic E-state index is 10.6. The Kier molecular flexibility index (Phi) is 4.20. The van der Waals surface area contributed by atoms with Gasteiger partial charge in [0.2, 0.25) is 0 Å². The molecular weight excluding hydrogens is 208 g/mol. The van der Waals surface area contributed by atoms with Crippen LogP contribution in [0, 0.1) is 0 Å². The van der Waals surface area contributed by atoms with Gasteiger partial charge in [-0.1, -0.05) is 0 Å². The molecular formula is C8H14O7. The molecule has 3 N–H and O–H groups in total. The minimum absolute atomic E-state index is 0.859. The zero-order valence-electron chi connectivity index (χ0n) is 8.68. The highest BCUT2D eigenvalue weighted by atomic mass is 17.2. The summed E-state index contributed by atoms with van der Waals surface area (Å²) in [6.45, 7) is 4.65. The van der Waals surface area contributed by atoms with Gasteiger partial charge in [-0.05, 0) is 20.8 Å². The largest absolute Gasteiger partial charge is 0.481 e. The van der Waals surface area contributed by atoms with Crippen LogP contribution in [0.25, 0.3) is 0 Å². The van der Waals surface area contributed by atoms with Gasteiger partial charge in [0.1, 0.15) is 6.42 Å². The van der Waals surface area contributed by atoms with Gasteiger partial charge >= 0.3 is 17.7 Å². The van der Waals surface area contributed by atoms with Gasteiger partial charge < -0.3 is 15.3 Å². The number of carboxylic acids is 2. The maximum Gasteiger partial charge on any atom is 0.367 e. The van der Waals surface area contributed by atoms with Crippen LogP contribution in [0.2, 0.25) is 0 Å². The van der Waals surface area contributed by atoms with Crippen LogP contribution in [0.3, 0.4) is 0 Å². The third-order valence-corrected chi connectivity index (χ3v) is 1.15. The van der Waals surface area contributed by atoms with Gasteiger partial charge in [0.05, 0.1) is 5.60 Å². The second kappa shape index (κ2) is 4.56. The normalized spacial score (nSPS) is 15.7. The van der Waals surface area contributed by atoms with E-state index >= 15 is 0 Å². The Morgan fingerprint density at radius 3 is 1.87 bits per heavy atom. The van der Waals surface area contributed by atoms with Crippen LogP contribution >= 0.6 is 0 Å². The lowest BCUT2D eigenvalue weighted by Crippen LogP contribution is -2.45. The van der Waals surface area contributed by atoms with E-state index in [1.165, 1.54) is 0 Å². The molecule has 0 spiro atoms. The predicted molar refractivity (Wildman–Crippen MR) is 46.8 cm³/mol. The lowest BCUT2D eigenvalue weighted by Gasteiger charge is -2.25. The van der Waals surface area contributed by atoms with Gasteiger partial charge in [-0.25, -0.2) is 9.68 Å². The predicted octanol–water partition coefficient (Wildman–Crippen LogP) is -0.0190. The van der Waals surface area contributed by atoms with Crippen molar-refractivity contribution in [2.24, 2.45) is 0 Å².